The van der Waals surface area contributed by atoms with Gasteiger partial charge in [-0.15, -0.1) is 0 Å². The van der Waals surface area contributed by atoms with E-state index in [9.17, 15) is 0 Å². The topological polar surface area (TPSA) is 21.6 Å². The van der Waals surface area contributed by atoms with Crippen LogP contribution in [-0.2, 0) is 4.74 Å². The molecule has 0 aromatic carbocycles. The third-order valence-electron chi connectivity index (χ3n) is 0.550. The molecule has 0 atom stereocenters. The second-order valence-corrected chi connectivity index (χ2v) is 1.01. The molecule has 2 nitrogen and oxygen atoms in total. The minimum Gasteiger partial charge on any atom is -0.483 e. The molecule has 2 radical (unpaired) electrons. The second-order valence-electron chi connectivity index (χ2n) is 1.01. The molecule has 0 saturated heterocycles. The van der Waals surface area contributed by atoms with Crippen LogP contribution in [0.15, 0.2) is 4.99 Å². The van der Waals surface area contributed by atoms with Crippen LogP contribution in [0.2, 0.25) is 0 Å². The van der Waals surface area contributed by atoms with Crippen LogP contribution in [0, 0.1) is 6.54 Å². The molecular formula is C4H5NO. The van der Waals surface area contributed by atoms with Gasteiger partial charge in [0.15, 0.2) is 6.40 Å². The van der Waals surface area contributed by atoms with Gasteiger partial charge in [-0.3, -0.25) is 0 Å². The van der Waals surface area contributed by atoms with Gasteiger partial charge in [0.25, 0.3) is 0 Å². The monoisotopic (exact) mass is 83.0 g/mol. The molecule has 2 heteroatoms. The van der Waals surface area contributed by atoms with E-state index in [1.165, 1.54) is 6.40 Å². The zero-order valence-corrected chi connectivity index (χ0v) is 3.35. The van der Waals surface area contributed by atoms with Crippen molar-refractivity contribution < 1.29 is 4.74 Å². The second kappa shape index (κ2) is 1.80. The third-order valence-corrected chi connectivity index (χ3v) is 0.550. The molecule has 0 N–H and O–H groups in total. The molecule has 1 aliphatic rings. The smallest absolute Gasteiger partial charge is 0.170 e. The van der Waals surface area contributed by atoms with Crippen LogP contribution in [0.5, 0.6) is 0 Å². The molecule has 0 spiro atoms. The van der Waals surface area contributed by atoms with Gasteiger partial charge in [-0.2, -0.15) is 0 Å². The third kappa shape index (κ3) is 0.708. The van der Waals surface area contributed by atoms with Crippen molar-refractivity contribution >= 4 is 6.40 Å². The summed E-state index contributed by atoms with van der Waals surface area (Å²) < 4.78 is 4.72. The molecule has 0 amide bonds. The summed E-state index contributed by atoms with van der Waals surface area (Å²) in [6, 6.07) is 0. The number of aliphatic imine (C=N–C) groups is 1. The van der Waals surface area contributed by atoms with Crippen LogP contribution in [0.3, 0.4) is 0 Å². The lowest BCUT2D eigenvalue weighted by Gasteiger charge is -1.99. The average molecular weight is 83.1 g/mol. The first-order chi connectivity index (χ1) is 3.00. The van der Waals surface area contributed by atoms with Gasteiger partial charge in [0.1, 0.15) is 6.54 Å². The lowest BCUT2D eigenvalue weighted by Crippen LogP contribution is -1.96. The Morgan fingerprint density at radius 1 is 1.83 bits per heavy atom. The van der Waals surface area contributed by atoms with Crippen LogP contribution in [-0.4, -0.2) is 13.0 Å². The zero-order chi connectivity index (χ0) is 4.24. The quantitative estimate of drug-likeness (QED) is 0.417. The van der Waals surface area contributed by atoms with Crippen molar-refractivity contribution in [2.24, 2.45) is 4.99 Å². The average Bonchev–Trinajstić information content (AvgIpc) is 1.72. The van der Waals surface area contributed by atoms with Crippen LogP contribution in [0.25, 0.3) is 0 Å². The van der Waals surface area contributed by atoms with Crippen molar-refractivity contribution in [2.45, 2.75) is 6.42 Å². The van der Waals surface area contributed by atoms with Gasteiger partial charge in [-0.1, -0.05) is 0 Å². The molecule has 32 valence electrons. The highest BCUT2D eigenvalue weighted by molar-refractivity contribution is 5.47. The van der Waals surface area contributed by atoms with Crippen LogP contribution >= 0.6 is 0 Å². The molecule has 6 heavy (non-hydrogen) atoms. The molecule has 0 aliphatic carbocycles. The Hall–Kier alpha value is -0.530. The maximum Gasteiger partial charge on any atom is 0.170 e. The zero-order valence-electron chi connectivity index (χ0n) is 3.35. The van der Waals surface area contributed by atoms with Crippen LogP contribution < -0.4 is 0 Å². The van der Waals surface area contributed by atoms with Crippen LogP contribution in [0.4, 0.5) is 0 Å². The normalized spacial score (nSPS) is 20.0. The lowest BCUT2D eigenvalue weighted by molar-refractivity contribution is 0.309. The fourth-order valence-electron chi connectivity index (χ4n) is 0.296. The van der Waals surface area contributed by atoms with E-state index in [1.54, 1.807) is 0 Å². The molecule has 0 saturated carbocycles. The molecule has 1 rings (SSSR count). The van der Waals surface area contributed by atoms with E-state index in [1.807, 2.05) is 0 Å². The summed E-state index contributed by atoms with van der Waals surface area (Å²) in [5.74, 6) is 0. The fraction of sp³-hybridized carbons (Fsp3) is 0.500. The molecule has 0 unspecified atom stereocenters. The van der Waals surface area contributed by atoms with Crippen molar-refractivity contribution in [1.29, 1.82) is 0 Å². The van der Waals surface area contributed by atoms with Gasteiger partial charge in [0, 0.05) is 6.42 Å². The lowest BCUT2D eigenvalue weighted by atomic mass is 10.4. The van der Waals surface area contributed by atoms with Crippen molar-refractivity contribution in [2.75, 3.05) is 6.61 Å². The molecule has 1 heterocycles. The minimum atomic E-state index is 0.740. The van der Waals surface area contributed by atoms with E-state index < -0.39 is 0 Å². The Kier molecular flexibility index (Phi) is 1.10. The molecule has 0 bridgehead atoms. The Balaban J connectivity index is 2.26. The fourth-order valence-corrected chi connectivity index (χ4v) is 0.296. The van der Waals surface area contributed by atoms with E-state index in [2.05, 4.69) is 11.5 Å². The first-order valence-corrected chi connectivity index (χ1v) is 1.86. The summed E-state index contributed by atoms with van der Waals surface area (Å²) in [6.45, 7) is 3.47. The first-order valence-electron chi connectivity index (χ1n) is 1.86. The summed E-state index contributed by atoms with van der Waals surface area (Å²) >= 11 is 0. The van der Waals surface area contributed by atoms with E-state index >= 15 is 0 Å². The molecule has 1 aliphatic heterocycles. The minimum absolute atomic E-state index is 0.740. The number of rotatable bonds is 0. The van der Waals surface area contributed by atoms with E-state index in [4.69, 9.17) is 4.74 Å². The molecule has 0 fully saturated rings. The SMILES string of the molecule is [C]1CCOC=N1. The summed E-state index contributed by atoms with van der Waals surface area (Å²) in [5.41, 5.74) is 0. The Morgan fingerprint density at radius 2 is 2.83 bits per heavy atom. The van der Waals surface area contributed by atoms with Gasteiger partial charge >= 0.3 is 0 Å². The number of hydrogen-bond donors (Lipinski definition) is 0. The van der Waals surface area contributed by atoms with E-state index in [0.717, 1.165) is 13.0 Å². The number of hydrogen-bond acceptors (Lipinski definition) is 2. The van der Waals surface area contributed by atoms with Crippen LogP contribution in [0.1, 0.15) is 6.42 Å². The van der Waals surface area contributed by atoms with Crippen molar-refractivity contribution in [3.8, 4) is 0 Å². The van der Waals surface area contributed by atoms with Crippen molar-refractivity contribution in [1.82, 2.24) is 0 Å². The number of ether oxygens (including phenoxy) is 1. The summed E-state index contributed by atoms with van der Waals surface area (Å²) in [4.78, 5) is 3.58. The van der Waals surface area contributed by atoms with Gasteiger partial charge in [0.05, 0.1) is 6.61 Å². The standard InChI is InChI=1S/C4H5NO/c1-2-5-4-6-3-1/h4H,1,3H2. The van der Waals surface area contributed by atoms with Gasteiger partial charge in [0.2, 0.25) is 0 Å². The van der Waals surface area contributed by atoms with Gasteiger partial charge in [-0.25, -0.2) is 4.99 Å². The Bertz CT molecular complexity index is 52.6. The first kappa shape index (κ1) is 3.65. The highest BCUT2D eigenvalue weighted by atomic mass is 16.5. The predicted octanol–water partition coefficient (Wildman–Crippen LogP) is 0.474. The predicted molar refractivity (Wildman–Crippen MR) is 22.3 cm³/mol. The molecule has 0 aromatic rings. The maximum atomic E-state index is 4.72. The van der Waals surface area contributed by atoms with Crippen molar-refractivity contribution in [3.05, 3.63) is 6.54 Å². The summed E-state index contributed by atoms with van der Waals surface area (Å²) in [5, 5.41) is 0. The highest BCUT2D eigenvalue weighted by Crippen LogP contribution is 1.92. The largest absolute Gasteiger partial charge is 0.483 e. The molecule has 0 aromatic heterocycles. The Morgan fingerprint density at radius 3 is 3.00 bits per heavy atom. The summed E-state index contributed by atoms with van der Waals surface area (Å²) in [7, 11) is 0. The van der Waals surface area contributed by atoms with Gasteiger partial charge < -0.3 is 4.74 Å². The van der Waals surface area contributed by atoms with E-state index in [0.29, 0.717) is 0 Å². The van der Waals surface area contributed by atoms with E-state index in [-0.39, 0.29) is 0 Å². The Labute approximate surface area is 36.8 Å². The highest BCUT2D eigenvalue weighted by Gasteiger charge is 1.89. The summed E-state index contributed by atoms with van der Waals surface area (Å²) in [6.07, 6.45) is 2.24. The van der Waals surface area contributed by atoms with Crippen molar-refractivity contribution in [3.63, 3.8) is 0 Å². The number of nitrogens with zero attached hydrogens (tertiary/aromatic N) is 1. The maximum absolute atomic E-state index is 4.72. The molecular weight excluding hydrogens is 78.1 g/mol. The van der Waals surface area contributed by atoms with Gasteiger partial charge in [-0.05, 0) is 0 Å².